The number of furan rings is 1. The highest BCUT2D eigenvalue weighted by Gasteiger charge is 2.14. The molecule has 0 amide bonds. The van der Waals surface area contributed by atoms with Crippen LogP contribution in [0.25, 0.3) is 0 Å². The Morgan fingerprint density at radius 1 is 1.85 bits per heavy atom. The molecule has 0 aliphatic heterocycles. The van der Waals surface area contributed by atoms with Crippen LogP contribution in [0.5, 0.6) is 0 Å². The topological polar surface area (TPSA) is 100 Å². The van der Waals surface area contributed by atoms with Crippen LogP contribution in [0.1, 0.15) is 23.8 Å². The van der Waals surface area contributed by atoms with Gasteiger partial charge in [0.1, 0.15) is 18.1 Å². The van der Waals surface area contributed by atoms with E-state index in [0.29, 0.717) is 11.3 Å². The standard InChI is InChI=1S/C8H8N2O3/c9-3-5-1-7(13-4-5)6(10)2-8(11)12/h1,4,6H,2,10H2,(H,11,12). The lowest BCUT2D eigenvalue weighted by atomic mass is 10.1. The first kappa shape index (κ1) is 9.29. The first-order valence-corrected chi connectivity index (χ1v) is 3.59. The van der Waals surface area contributed by atoms with Crippen LogP contribution < -0.4 is 5.73 Å². The monoisotopic (exact) mass is 180 g/mol. The van der Waals surface area contributed by atoms with Crippen molar-refractivity contribution in [2.24, 2.45) is 5.73 Å². The molecule has 0 aliphatic carbocycles. The van der Waals surface area contributed by atoms with Gasteiger partial charge in [-0.15, -0.1) is 0 Å². The number of nitrogens with two attached hydrogens (primary N) is 1. The number of carboxylic acids is 1. The van der Waals surface area contributed by atoms with Gasteiger partial charge in [-0.05, 0) is 6.07 Å². The van der Waals surface area contributed by atoms with Crippen molar-refractivity contribution >= 4 is 5.97 Å². The van der Waals surface area contributed by atoms with Crippen molar-refractivity contribution in [2.45, 2.75) is 12.5 Å². The van der Waals surface area contributed by atoms with Gasteiger partial charge in [0.25, 0.3) is 0 Å². The highest BCUT2D eigenvalue weighted by molar-refractivity contribution is 5.67. The third kappa shape index (κ3) is 2.32. The lowest BCUT2D eigenvalue weighted by Gasteiger charge is -2.03. The van der Waals surface area contributed by atoms with E-state index in [-0.39, 0.29) is 6.42 Å². The Kier molecular flexibility index (Phi) is 2.67. The minimum absolute atomic E-state index is 0.210. The summed E-state index contributed by atoms with van der Waals surface area (Å²) in [6.45, 7) is 0. The van der Waals surface area contributed by atoms with Gasteiger partial charge in [0, 0.05) is 0 Å². The Hall–Kier alpha value is -1.80. The number of carbonyl (C=O) groups is 1. The van der Waals surface area contributed by atoms with Crippen molar-refractivity contribution in [3.8, 4) is 6.07 Å². The number of carboxylic acid groups (broad SMARTS) is 1. The normalized spacial score (nSPS) is 12.0. The highest BCUT2D eigenvalue weighted by Crippen LogP contribution is 2.16. The fourth-order valence-corrected chi connectivity index (χ4v) is 0.895. The number of nitriles is 1. The maximum Gasteiger partial charge on any atom is 0.305 e. The van der Waals surface area contributed by atoms with Gasteiger partial charge in [-0.2, -0.15) is 5.26 Å². The van der Waals surface area contributed by atoms with E-state index in [2.05, 4.69) is 0 Å². The van der Waals surface area contributed by atoms with Crippen LogP contribution in [0.3, 0.4) is 0 Å². The zero-order valence-corrected chi connectivity index (χ0v) is 6.73. The van der Waals surface area contributed by atoms with Crippen LogP contribution in [0.4, 0.5) is 0 Å². The van der Waals surface area contributed by atoms with Gasteiger partial charge >= 0.3 is 5.97 Å². The van der Waals surface area contributed by atoms with E-state index in [4.69, 9.17) is 20.5 Å². The summed E-state index contributed by atoms with van der Waals surface area (Å²) >= 11 is 0. The second kappa shape index (κ2) is 3.74. The molecule has 1 heterocycles. The van der Waals surface area contributed by atoms with Crippen LogP contribution in [0, 0.1) is 11.3 Å². The molecular formula is C8H8N2O3. The van der Waals surface area contributed by atoms with Gasteiger partial charge in [-0.25, -0.2) is 0 Å². The zero-order valence-electron chi connectivity index (χ0n) is 6.73. The van der Waals surface area contributed by atoms with E-state index in [1.54, 1.807) is 0 Å². The number of nitrogens with zero attached hydrogens (tertiary/aromatic N) is 1. The molecule has 1 unspecified atom stereocenters. The summed E-state index contributed by atoms with van der Waals surface area (Å²) in [5, 5.41) is 16.9. The predicted octanol–water partition coefficient (Wildman–Crippen LogP) is 0.626. The average molecular weight is 180 g/mol. The van der Waals surface area contributed by atoms with Crippen LogP contribution in [0.2, 0.25) is 0 Å². The predicted molar refractivity (Wildman–Crippen MR) is 42.6 cm³/mol. The molecule has 1 atom stereocenters. The maximum atomic E-state index is 10.3. The molecule has 5 heteroatoms. The van der Waals surface area contributed by atoms with Gasteiger partial charge in [-0.1, -0.05) is 0 Å². The highest BCUT2D eigenvalue weighted by atomic mass is 16.4. The molecule has 0 aliphatic rings. The van der Waals surface area contributed by atoms with Crippen molar-refractivity contribution in [2.75, 3.05) is 0 Å². The molecule has 1 aromatic rings. The molecule has 1 aromatic heterocycles. The zero-order chi connectivity index (χ0) is 9.84. The number of hydrogen-bond donors (Lipinski definition) is 2. The van der Waals surface area contributed by atoms with Gasteiger partial charge in [-0.3, -0.25) is 4.79 Å². The Labute approximate surface area is 74.4 Å². The molecule has 13 heavy (non-hydrogen) atoms. The smallest absolute Gasteiger partial charge is 0.305 e. The molecular weight excluding hydrogens is 172 g/mol. The second-order valence-corrected chi connectivity index (χ2v) is 2.55. The fraction of sp³-hybridized carbons (Fsp3) is 0.250. The molecule has 0 fully saturated rings. The molecule has 0 spiro atoms. The van der Waals surface area contributed by atoms with Crippen LogP contribution in [0.15, 0.2) is 16.7 Å². The average Bonchev–Trinajstić information content (AvgIpc) is 2.50. The molecule has 3 N–H and O–H groups in total. The molecule has 0 aromatic carbocycles. The summed E-state index contributed by atoms with van der Waals surface area (Å²) in [5.74, 6) is -0.679. The number of hydrogen-bond acceptors (Lipinski definition) is 4. The van der Waals surface area contributed by atoms with E-state index in [1.807, 2.05) is 6.07 Å². The SMILES string of the molecule is N#Cc1coc(C(N)CC(=O)O)c1. The molecule has 0 saturated heterocycles. The van der Waals surface area contributed by atoms with Gasteiger partial charge in [0.05, 0.1) is 18.0 Å². The quantitative estimate of drug-likeness (QED) is 0.710. The summed E-state index contributed by atoms with van der Waals surface area (Å²) in [7, 11) is 0. The molecule has 5 nitrogen and oxygen atoms in total. The first-order valence-electron chi connectivity index (χ1n) is 3.59. The van der Waals surface area contributed by atoms with Crippen molar-refractivity contribution < 1.29 is 14.3 Å². The molecule has 0 radical (unpaired) electrons. The largest absolute Gasteiger partial charge is 0.481 e. The number of aliphatic carboxylic acids is 1. The minimum Gasteiger partial charge on any atom is -0.481 e. The van der Waals surface area contributed by atoms with E-state index in [0.717, 1.165) is 0 Å². The van der Waals surface area contributed by atoms with E-state index in [9.17, 15) is 4.79 Å². The third-order valence-corrected chi connectivity index (χ3v) is 1.51. The molecule has 0 bridgehead atoms. The third-order valence-electron chi connectivity index (χ3n) is 1.51. The lowest BCUT2D eigenvalue weighted by Crippen LogP contribution is -2.14. The first-order chi connectivity index (χ1) is 6.13. The Morgan fingerprint density at radius 3 is 3.00 bits per heavy atom. The van der Waals surface area contributed by atoms with Crippen LogP contribution in [-0.2, 0) is 4.79 Å². The Morgan fingerprint density at radius 2 is 2.54 bits per heavy atom. The maximum absolute atomic E-state index is 10.3. The van der Waals surface area contributed by atoms with Crippen molar-refractivity contribution in [3.05, 3.63) is 23.7 Å². The van der Waals surface area contributed by atoms with Crippen molar-refractivity contribution in [3.63, 3.8) is 0 Å². The van der Waals surface area contributed by atoms with Crippen molar-refractivity contribution in [1.29, 1.82) is 5.26 Å². The van der Waals surface area contributed by atoms with Gasteiger partial charge in [0.15, 0.2) is 0 Å². The summed E-state index contributed by atoms with van der Waals surface area (Å²) in [6, 6.07) is 2.60. The van der Waals surface area contributed by atoms with E-state index in [1.165, 1.54) is 12.3 Å². The molecule has 1 rings (SSSR count). The lowest BCUT2D eigenvalue weighted by molar-refractivity contribution is -0.137. The molecule has 0 saturated carbocycles. The van der Waals surface area contributed by atoms with Crippen LogP contribution >= 0.6 is 0 Å². The van der Waals surface area contributed by atoms with E-state index < -0.39 is 12.0 Å². The summed E-state index contributed by atoms with van der Waals surface area (Å²) in [6.07, 6.45) is 1.04. The molecule has 68 valence electrons. The summed E-state index contributed by atoms with van der Waals surface area (Å²) in [4.78, 5) is 10.3. The Balaban J connectivity index is 2.72. The van der Waals surface area contributed by atoms with Gasteiger partial charge in [0.2, 0.25) is 0 Å². The minimum atomic E-state index is -0.998. The second-order valence-electron chi connectivity index (χ2n) is 2.55. The van der Waals surface area contributed by atoms with Crippen molar-refractivity contribution in [1.82, 2.24) is 0 Å². The van der Waals surface area contributed by atoms with Crippen LogP contribution in [-0.4, -0.2) is 11.1 Å². The summed E-state index contributed by atoms with van der Waals surface area (Å²) < 4.78 is 4.91. The fourth-order valence-electron chi connectivity index (χ4n) is 0.895. The van der Waals surface area contributed by atoms with E-state index >= 15 is 0 Å². The number of rotatable bonds is 3. The Bertz CT molecular complexity index is 351. The van der Waals surface area contributed by atoms with Gasteiger partial charge < -0.3 is 15.3 Å². The summed E-state index contributed by atoms with van der Waals surface area (Å²) in [5.41, 5.74) is 5.82.